The van der Waals surface area contributed by atoms with Gasteiger partial charge in [-0.15, -0.1) is 0 Å². The van der Waals surface area contributed by atoms with E-state index in [0.717, 1.165) is 0 Å². The third kappa shape index (κ3) is 4.37. The fourth-order valence-electron chi connectivity index (χ4n) is 1.60. The number of carboxylic acid groups (broad SMARTS) is 1. The van der Waals surface area contributed by atoms with E-state index in [4.69, 9.17) is 5.11 Å². The minimum Gasteiger partial charge on any atom is -0.480 e. The van der Waals surface area contributed by atoms with Gasteiger partial charge in [0, 0.05) is 24.1 Å². The molecular formula is C12H15BrN2O5. The van der Waals surface area contributed by atoms with E-state index in [-0.39, 0.29) is 12.8 Å². The average Bonchev–Trinajstić information content (AvgIpc) is 2.72. The predicted octanol–water partition coefficient (Wildman–Crippen LogP) is 0.924. The largest absolute Gasteiger partial charge is 0.480 e. The number of aryl methyl sites for hydroxylation is 1. The highest BCUT2D eigenvalue weighted by atomic mass is 79.9. The summed E-state index contributed by atoms with van der Waals surface area (Å²) in [5, 5.41) is 11.4. The van der Waals surface area contributed by atoms with Crippen LogP contribution in [-0.4, -0.2) is 40.7 Å². The second-order valence-electron chi connectivity index (χ2n) is 4.13. The number of methoxy groups -OCH3 is 1. The van der Waals surface area contributed by atoms with Crippen LogP contribution >= 0.6 is 15.9 Å². The summed E-state index contributed by atoms with van der Waals surface area (Å²) in [6, 6.07) is 0.435. The normalized spacial score (nSPS) is 11.8. The number of carbonyl (C=O) groups excluding carboxylic acids is 2. The molecule has 0 saturated heterocycles. The van der Waals surface area contributed by atoms with Crippen molar-refractivity contribution in [3.8, 4) is 0 Å². The van der Waals surface area contributed by atoms with Gasteiger partial charge in [-0.1, -0.05) is 0 Å². The van der Waals surface area contributed by atoms with E-state index in [1.165, 1.54) is 7.11 Å². The Bertz CT molecular complexity index is 526. The maximum absolute atomic E-state index is 12.0. The minimum absolute atomic E-state index is 0.0284. The lowest BCUT2D eigenvalue weighted by Gasteiger charge is -2.14. The topological polar surface area (TPSA) is 97.6 Å². The van der Waals surface area contributed by atoms with Crippen LogP contribution in [0.3, 0.4) is 0 Å². The summed E-state index contributed by atoms with van der Waals surface area (Å²) < 4.78 is 6.72. The predicted molar refractivity (Wildman–Crippen MR) is 73.3 cm³/mol. The molecule has 0 aliphatic heterocycles. The molecule has 0 radical (unpaired) electrons. The van der Waals surface area contributed by atoms with Crippen LogP contribution < -0.4 is 5.32 Å². The molecular weight excluding hydrogens is 332 g/mol. The molecule has 1 amide bonds. The van der Waals surface area contributed by atoms with Crippen LogP contribution in [0, 0.1) is 0 Å². The van der Waals surface area contributed by atoms with Crippen molar-refractivity contribution in [2.75, 3.05) is 7.11 Å². The molecule has 1 heterocycles. The summed E-state index contributed by atoms with van der Waals surface area (Å²) in [7, 11) is 2.89. The Labute approximate surface area is 124 Å². The highest BCUT2D eigenvalue weighted by molar-refractivity contribution is 9.10. The molecule has 0 aliphatic rings. The van der Waals surface area contributed by atoms with E-state index < -0.39 is 23.9 Å². The van der Waals surface area contributed by atoms with Crippen LogP contribution in [-0.2, 0) is 21.4 Å². The number of hydrogen-bond acceptors (Lipinski definition) is 4. The number of aliphatic carboxylic acids is 1. The first-order valence-corrected chi connectivity index (χ1v) is 6.56. The van der Waals surface area contributed by atoms with Gasteiger partial charge >= 0.3 is 11.9 Å². The lowest BCUT2D eigenvalue weighted by Crippen LogP contribution is -2.41. The van der Waals surface area contributed by atoms with Gasteiger partial charge in [0.15, 0.2) is 0 Å². The van der Waals surface area contributed by atoms with Gasteiger partial charge in [-0.3, -0.25) is 9.59 Å². The molecule has 1 atom stereocenters. The van der Waals surface area contributed by atoms with Crippen molar-refractivity contribution >= 4 is 33.8 Å². The molecule has 0 unspecified atom stereocenters. The van der Waals surface area contributed by atoms with E-state index in [1.807, 2.05) is 0 Å². The number of esters is 1. The number of rotatable bonds is 6. The number of nitrogens with zero attached hydrogens (tertiary/aromatic N) is 1. The summed E-state index contributed by atoms with van der Waals surface area (Å²) in [6.07, 6.45) is 1.57. The van der Waals surface area contributed by atoms with Crippen molar-refractivity contribution in [1.29, 1.82) is 0 Å². The fraction of sp³-hybridized carbons (Fsp3) is 0.417. The van der Waals surface area contributed by atoms with Gasteiger partial charge in [0.1, 0.15) is 11.7 Å². The minimum atomic E-state index is -1.20. The maximum Gasteiger partial charge on any atom is 0.326 e. The maximum atomic E-state index is 12.0. The molecule has 0 aliphatic carbocycles. The molecule has 0 bridgehead atoms. The SMILES string of the molecule is COC(=O)CC[C@H](NC(=O)c1cc(Br)cn1C)C(=O)O. The Morgan fingerprint density at radius 1 is 1.50 bits per heavy atom. The molecule has 1 rings (SSSR count). The zero-order valence-electron chi connectivity index (χ0n) is 11.1. The number of halogens is 1. The van der Waals surface area contributed by atoms with Gasteiger partial charge in [-0.2, -0.15) is 0 Å². The van der Waals surface area contributed by atoms with Gasteiger partial charge in [0.2, 0.25) is 0 Å². The second-order valence-corrected chi connectivity index (χ2v) is 5.05. The monoisotopic (exact) mass is 346 g/mol. The van der Waals surface area contributed by atoms with Crippen molar-refractivity contribution in [2.24, 2.45) is 7.05 Å². The zero-order chi connectivity index (χ0) is 15.3. The number of carboxylic acids is 1. The van der Waals surface area contributed by atoms with Crippen LogP contribution in [0.15, 0.2) is 16.7 Å². The molecule has 0 fully saturated rings. The van der Waals surface area contributed by atoms with Gasteiger partial charge < -0.3 is 19.7 Å². The quantitative estimate of drug-likeness (QED) is 0.746. The molecule has 8 heteroatoms. The van der Waals surface area contributed by atoms with E-state index in [2.05, 4.69) is 26.0 Å². The van der Waals surface area contributed by atoms with Crippen molar-refractivity contribution in [3.63, 3.8) is 0 Å². The Kier molecular flexibility index (Phi) is 5.75. The lowest BCUT2D eigenvalue weighted by atomic mass is 10.1. The Morgan fingerprint density at radius 2 is 2.15 bits per heavy atom. The number of nitrogens with one attached hydrogen (secondary N) is 1. The molecule has 1 aromatic rings. The standard InChI is InChI=1S/C12H15BrN2O5/c1-15-6-7(13)5-9(15)11(17)14-8(12(18)19)3-4-10(16)20-2/h5-6,8H,3-4H2,1-2H3,(H,14,17)(H,18,19)/t8-/m0/s1. The van der Waals surface area contributed by atoms with Crippen molar-refractivity contribution in [1.82, 2.24) is 9.88 Å². The third-order valence-corrected chi connectivity index (χ3v) is 3.11. The summed E-state index contributed by atoms with van der Waals surface area (Å²) in [5.41, 5.74) is 0.321. The zero-order valence-corrected chi connectivity index (χ0v) is 12.6. The van der Waals surface area contributed by atoms with Gasteiger partial charge in [0.25, 0.3) is 5.91 Å². The molecule has 2 N–H and O–H groups in total. The van der Waals surface area contributed by atoms with Gasteiger partial charge in [0.05, 0.1) is 7.11 Å². The summed E-state index contributed by atoms with van der Waals surface area (Å²) in [5.74, 6) is -2.24. The van der Waals surface area contributed by atoms with Crippen molar-refractivity contribution < 1.29 is 24.2 Å². The Balaban J connectivity index is 2.70. The van der Waals surface area contributed by atoms with E-state index in [9.17, 15) is 14.4 Å². The molecule has 20 heavy (non-hydrogen) atoms. The Hall–Kier alpha value is -1.83. The first-order valence-electron chi connectivity index (χ1n) is 5.77. The van der Waals surface area contributed by atoms with E-state index in [1.54, 1.807) is 23.9 Å². The highest BCUT2D eigenvalue weighted by Gasteiger charge is 2.23. The smallest absolute Gasteiger partial charge is 0.326 e. The first-order chi connectivity index (χ1) is 9.35. The number of ether oxygens (including phenoxy) is 1. The summed E-state index contributed by atoms with van der Waals surface area (Å²) in [4.78, 5) is 34.1. The van der Waals surface area contributed by atoms with Crippen LogP contribution in [0.25, 0.3) is 0 Å². The summed E-state index contributed by atoms with van der Waals surface area (Å²) >= 11 is 3.23. The van der Waals surface area contributed by atoms with E-state index >= 15 is 0 Å². The molecule has 7 nitrogen and oxygen atoms in total. The van der Waals surface area contributed by atoms with Crippen LogP contribution in [0.1, 0.15) is 23.3 Å². The number of amides is 1. The summed E-state index contributed by atoms with van der Waals surface area (Å²) in [6.45, 7) is 0. The fourth-order valence-corrected chi connectivity index (χ4v) is 2.13. The van der Waals surface area contributed by atoms with Crippen LogP contribution in [0.2, 0.25) is 0 Å². The molecule has 110 valence electrons. The molecule has 0 saturated carbocycles. The van der Waals surface area contributed by atoms with Gasteiger partial charge in [-0.25, -0.2) is 4.79 Å². The van der Waals surface area contributed by atoms with E-state index in [0.29, 0.717) is 10.2 Å². The van der Waals surface area contributed by atoms with Crippen LogP contribution in [0.4, 0.5) is 0 Å². The van der Waals surface area contributed by atoms with Crippen LogP contribution in [0.5, 0.6) is 0 Å². The average molecular weight is 347 g/mol. The van der Waals surface area contributed by atoms with Crippen molar-refractivity contribution in [3.05, 3.63) is 22.4 Å². The lowest BCUT2D eigenvalue weighted by molar-refractivity contribution is -0.142. The Morgan fingerprint density at radius 3 is 2.60 bits per heavy atom. The number of carbonyl (C=O) groups is 3. The van der Waals surface area contributed by atoms with Crippen molar-refractivity contribution in [2.45, 2.75) is 18.9 Å². The number of hydrogen-bond donors (Lipinski definition) is 2. The highest BCUT2D eigenvalue weighted by Crippen LogP contribution is 2.14. The second kappa shape index (κ2) is 7.09. The molecule has 0 spiro atoms. The number of aromatic nitrogens is 1. The first kappa shape index (κ1) is 16.2. The molecule has 0 aromatic carbocycles. The third-order valence-electron chi connectivity index (χ3n) is 2.67. The van der Waals surface area contributed by atoms with Gasteiger partial charge in [-0.05, 0) is 28.4 Å². The molecule has 1 aromatic heterocycles.